The first-order chi connectivity index (χ1) is 9.59. The molecule has 2 atom stereocenters. The van der Waals surface area contributed by atoms with Crippen molar-refractivity contribution < 1.29 is 26.7 Å². The van der Waals surface area contributed by atoms with Gasteiger partial charge in [-0.2, -0.15) is 13.2 Å². The number of alkyl halides is 3. The van der Waals surface area contributed by atoms with Gasteiger partial charge in [0, 0.05) is 12.2 Å². The summed E-state index contributed by atoms with van der Waals surface area (Å²) in [6.45, 7) is -0.907. The summed E-state index contributed by atoms with van der Waals surface area (Å²) in [6, 6.07) is 6.54. The minimum atomic E-state index is -4.76. The Bertz CT molecular complexity index is 618. The number of benzene rings is 1. The van der Waals surface area contributed by atoms with Crippen molar-refractivity contribution in [3.05, 3.63) is 29.8 Å². The number of aliphatic hydroxyl groups excluding tert-OH is 1. The fourth-order valence-corrected chi connectivity index (χ4v) is 3.15. The lowest BCUT2D eigenvalue weighted by molar-refractivity contribution is -0.200. The number of nitrogens with two attached hydrogens (primary N) is 1. The maximum atomic E-state index is 12.5. The summed E-state index contributed by atoms with van der Waals surface area (Å²) >= 11 is 0. The van der Waals surface area contributed by atoms with E-state index in [1.54, 1.807) is 24.3 Å². The number of primary sulfonamides is 1. The average Bonchev–Trinajstić information content (AvgIpc) is 2.36. The SMILES string of the molecule is NS(=O)(=O)C1Cc2ccccc2N(CC(O)C(F)(F)F)C1. The standard InChI is InChI=1S/C12H15F3N2O3S/c13-12(14,15)11(18)7-17-6-9(21(16,19)20)5-8-3-1-2-4-10(8)17/h1-4,9,11,18H,5-7H2,(H2,16,19,20). The third-order valence-electron chi connectivity index (χ3n) is 3.44. The van der Waals surface area contributed by atoms with Crippen LogP contribution in [0.5, 0.6) is 0 Å². The number of fused-ring (bicyclic) bond motifs is 1. The zero-order chi connectivity index (χ0) is 15.8. The van der Waals surface area contributed by atoms with Gasteiger partial charge in [0.1, 0.15) is 0 Å². The molecule has 0 fully saturated rings. The van der Waals surface area contributed by atoms with E-state index >= 15 is 0 Å². The van der Waals surface area contributed by atoms with Crippen LogP contribution in [0.3, 0.4) is 0 Å². The van der Waals surface area contributed by atoms with Gasteiger partial charge in [0.15, 0.2) is 6.10 Å². The molecule has 1 aromatic rings. The lowest BCUT2D eigenvalue weighted by Crippen LogP contribution is -2.49. The highest BCUT2D eigenvalue weighted by Gasteiger charge is 2.41. The van der Waals surface area contributed by atoms with Crippen LogP contribution in [-0.2, 0) is 16.4 Å². The zero-order valence-corrected chi connectivity index (χ0v) is 11.7. The van der Waals surface area contributed by atoms with Crippen molar-refractivity contribution in [2.24, 2.45) is 5.14 Å². The summed E-state index contributed by atoms with van der Waals surface area (Å²) in [7, 11) is -3.88. The Morgan fingerprint density at radius 3 is 2.57 bits per heavy atom. The van der Waals surface area contributed by atoms with Gasteiger partial charge in [0.25, 0.3) is 0 Å². The summed E-state index contributed by atoms with van der Waals surface area (Å²) in [5.74, 6) is 0. The van der Waals surface area contributed by atoms with Crippen molar-refractivity contribution in [1.82, 2.24) is 0 Å². The second-order valence-electron chi connectivity index (χ2n) is 5.01. The van der Waals surface area contributed by atoms with Gasteiger partial charge in [-0.05, 0) is 18.1 Å². The minimum Gasteiger partial charge on any atom is -0.382 e. The molecule has 0 spiro atoms. The van der Waals surface area contributed by atoms with E-state index in [4.69, 9.17) is 5.14 Å². The van der Waals surface area contributed by atoms with Gasteiger partial charge in [0.2, 0.25) is 10.0 Å². The van der Waals surface area contributed by atoms with Gasteiger partial charge in [-0.15, -0.1) is 0 Å². The number of halogens is 3. The number of para-hydroxylation sites is 1. The largest absolute Gasteiger partial charge is 0.416 e. The number of sulfonamides is 1. The van der Waals surface area contributed by atoms with Gasteiger partial charge in [-0.3, -0.25) is 0 Å². The van der Waals surface area contributed by atoms with E-state index in [1.165, 1.54) is 4.90 Å². The maximum absolute atomic E-state index is 12.5. The first kappa shape index (κ1) is 16.1. The van der Waals surface area contributed by atoms with Gasteiger partial charge in [-0.1, -0.05) is 18.2 Å². The molecule has 5 nitrogen and oxygen atoms in total. The minimum absolute atomic E-state index is 0.146. The third-order valence-corrected chi connectivity index (χ3v) is 4.68. The molecule has 0 bridgehead atoms. The first-order valence-corrected chi connectivity index (χ1v) is 7.79. The second-order valence-corrected chi connectivity index (χ2v) is 6.85. The quantitative estimate of drug-likeness (QED) is 0.854. The molecule has 9 heteroatoms. The molecule has 118 valence electrons. The molecule has 0 aromatic heterocycles. The summed E-state index contributed by atoms with van der Waals surface area (Å²) < 4.78 is 60.5. The van der Waals surface area contributed by atoms with Crippen LogP contribution < -0.4 is 10.0 Å². The van der Waals surface area contributed by atoms with Crippen LogP contribution in [0.4, 0.5) is 18.9 Å². The molecular formula is C12H15F3N2O3S. The lowest BCUT2D eigenvalue weighted by atomic mass is 10.0. The Hall–Kier alpha value is -1.32. The Labute approximate surface area is 120 Å². The summed E-state index contributed by atoms with van der Waals surface area (Å²) in [5.41, 5.74) is 1.08. The molecule has 0 radical (unpaired) electrons. The van der Waals surface area contributed by atoms with Crippen LogP contribution in [-0.4, -0.2) is 44.1 Å². The van der Waals surface area contributed by atoms with Crippen molar-refractivity contribution in [3.8, 4) is 0 Å². The van der Waals surface area contributed by atoms with E-state index in [0.717, 1.165) is 0 Å². The van der Waals surface area contributed by atoms with E-state index in [2.05, 4.69) is 0 Å². The molecule has 0 aliphatic carbocycles. The van der Waals surface area contributed by atoms with Crippen molar-refractivity contribution in [3.63, 3.8) is 0 Å². The average molecular weight is 324 g/mol. The van der Waals surface area contributed by atoms with Gasteiger partial charge >= 0.3 is 6.18 Å². The number of nitrogens with zero attached hydrogens (tertiary/aromatic N) is 1. The Morgan fingerprint density at radius 1 is 1.38 bits per heavy atom. The lowest BCUT2D eigenvalue weighted by Gasteiger charge is -2.36. The Balaban J connectivity index is 2.31. The number of rotatable bonds is 3. The van der Waals surface area contributed by atoms with E-state index in [9.17, 15) is 26.7 Å². The topological polar surface area (TPSA) is 83.6 Å². The molecule has 0 saturated heterocycles. The van der Waals surface area contributed by atoms with Crippen molar-refractivity contribution >= 4 is 15.7 Å². The van der Waals surface area contributed by atoms with Gasteiger partial charge in [-0.25, -0.2) is 13.6 Å². The second kappa shape index (κ2) is 5.47. The van der Waals surface area contributed by atoms with Crippen LogP contribution in [0.1, 0.15) is 5.56 Å². The first-order valence-electron chi connectivity index (χ1n) is 6.18. The molecule has 21 heavy (non-hydrogen) atoms. The highest BCUT2D eigenvalue weighted by Crippen LogP contribution is 2.30. The van der Waals surface area contributed by atoms with E-state index in [1.807, 2.05) is 0 Å². The number of anilines is 1. The summed E-state index contributed by atoms with van der Waals surface area (Å²) in [6.07, 6.45) is -7.17. The molecule has 1 heterocycles. The smallest absolute Gasteiger partial charge is 0.382 e. The zero-order valence-electron chi connectivity index (χ0n) is 10.9. The molecule has 1 aliphatic heterocycles. The third kappa shape index (κ3) is 3.66. The molecule has 0 saturated carbocycles. The maximum Gasteiger partial charge on any atom is 0.416 e. The Kier molecular flexibility index (Phi) is 4.18. The number of aliphatic hydroxyl groups is 1. The summed E-state index contributed by atoms with van der Waals surface area (Å²) in [4.78, 5) is 1.21. The molecule has 0 amide bonds. The molecule has 2 unspecified atom stereocenters. The monoisotopic (exact) mass is 324 g/mol. The van der Waals surface area contributed by atoms with Crippen LogP contribution in [0.25, 0.3) is 0 Å². The van der Waals surface area contributed by atoms with Crippen LogP contribution in [0.2, 0.25) is 0 Å². The van der Waals surface area contributed by atoms with Gasteiger partial charge < -0.3 is 10.0 Å². The highest BCUT2D eigenvalue weighted by atomic mass is 32.2. The summed E-state index contributed by atoms with van der Waals surface area (Å²) in [5, 5.41) is 13.3. The van der Waals surface area contributed by atoms with Gasteiger partial charge in [0.05, 0.1) is 11.8 Å². The molecule has 1 aromatic carbocycles. The number of β-amino-alcohol motifs (C(OH)–C–C–N with tert-alkyl or cyclic N) is 1. The number of hydrogen-bond acceptors (Lipinski definition) is 4. The van der Waals surface area contributed by atoms with Crippen LogP contribution >= 0.6 is 0 Å². The molecule has 1 aliphatic rings. The fraction of sp³-hybridized carbons (Fsp3) is 0.500. The van der Waals surface area contributed by atoms with E-state index in [-0.39, 0.29) is 13.0 Å². The molecular weight excluding hydrogens is 309 g/mol. The predicted molar refractivity (Wildman–Crippen MR) is 71.3 cm³/mol. The van der Waals surface area contributed by atoms with Crippen molar-refractivity contribution in [2.45, 2.75) is 24.0 Å². The molecule has 3 N–H and O–H groups in total. The highest BCUT2D eigenvalue weighted by molar-refractivity contribution is 7.89. The van der Waals surface area contributed by atoms with Crippen molar-refractivity contribution in [2.75, 3.05) is 18.0 Å². The van der Waals surface area contributed by atoms with Crippen LogP contribution in [0.15, 0.2) is 24.3 Å². The molecule has 2 rings (SSSR count). The fourth-order valence-electron chi connectivity index (χ4n) is 2.35. The van der Waals surface area contributed by atoms with E-state index in [0.29, 0.717) is 11.3 Å². The van der Waals surface area contributed by atoms with E-state index < -0.39 is 34.1 Å². The van der Waals surface area contributed by atoms with Crippen LogP contribution in [0, 0.1) is 0 Å². The van der Waals surface area contributed by atoms with Crippen molar-refractivity contribution in [1.29, 1.82) is 0 Å². The number of hydrogen-bond donors (Lipinski definition) is 2. The Morgan fingerprint density at radius 2 is 2.00 bits per heavy atom. The normalized spacial score (nSPS) is 21.0. The predicted octanol–water partition coefficient (Wildman–Crippen LogP) is 0.629.